The third kappa shape index (κ3) is 2.44. The summed E-state index contributed by atoms with van der Waals surface area (Å²) in [4.78, 5) is 15.0. The van der Waals surface area contributed by atoms with Crippen LogP contribution in [0.3, 0.4) is 0 Å². The zero-order valence-corrected chi connectivity index (χ0v) is 10.8. The summed E-state index contributed by atoms with van der Waals surface area (Å²) in [6, 6.07) is 0. The van der Waals surface area contributed by atoms with Gasteiger partial charge in [0.15, 0.2) is 5.76 Å². The van der Waals surface area contributed by atoms with Crippen molar-refractivity contribution in [3.05, 3.63) is 24.4 Å². The van der Waals surface area contributed by atoms with Crippen LogP contribution in [0.15, 0.2) is 23.0 Å². The molecule has 3 heterocycles. The molecule has 0 saturated carbocycles. The average molecular weight is 260 g/mol. The van der Waals surface area contributed by atoms with E-state index in [0.29, 0.717) is 17.3 Å². The lowest BCUT2D eigenvalue weighted by Gasteiger charge is -2.15. The maximum Gasteiger partial charge on any atom is 0.247 e. The lowest BCUT2D eigenvalue weighted by atomic mass is 10.3. The Bertz CT molecular complexity index is 561. The van der Waals surface area contributed by atoms with E-state index in [4.69, 9.17) is 4.42 Å². The lowest BCUT2D eigenvalue weighted by molar-refractivity contribution is 0.170. The summed E-state index contributed by atoms with van der Waals surface area (Å²) in [5.74, 6) is 1.68. The van der Waals surface area contributed by atoms with Gasteiger partial charge in [-0.15, -0.1) is 0 Å². The Kier molecular flexibility index (Phi) is 3.16. The minimum absolute atomic E-state index is 0.393. The van der Waals surface area contributed by atoms with E-state index in [0.717, 1.165) is 18.9 Å². The molecule has 1 unspecified atom stereocenters. The molecule has 19 heavy (non-hydrogen) atoms. The molecule has 0 radical (unpaired) electrons. The summed E-state index contributed by atoms with van der Waals surface area (Å²) in [7, 11) is 0. The normalized spacial score (nSPS) is 16.8. The molecular formula is C13H16N4O2. The summed E-state index contributed by atoms with van der Waals surface area (Å²) in [6.45, 7) is 3.67. The van der Waals surface area contributed by atoms with Crippen LogP contribution in [0.2, 0.25) is 0 Å². The number of aromatic nitrogens is 3. The van der Waals surface area contributed by atoms with Gasteiger partial charge in [0.05, 0.1) is 18.6 Å². The molecule has 1 atom stereocenters. The number of hydrogen-bond donors (Lipinski definition) is 1. The van der Waals surface area contributed by atoms with Crippen molar-refractivity contribution >= 4 is 5.82 Å². The van der Waals surface area contributed by atoms with Gasteiger partial charge in [0.1, 0.15) is 17.6 Å². The van der Waals surface area contributed by atoms with E-state index in [9.17, 15) is 5.11 Å². The summed E-state index contributed by atoms with van der Waals surface area (Å²) >= 11 is 0. The predicted octanol–water partition coefficient (Wildman–Crippen LogP) is 1.79. The van der Waals surface area contributed by atoms with Crippen molar-refractivity contribution in [2.24, 2.45) is 0 Å². The first-order valence-electron chi connectivity index (χ1n) is 6.45. The fourth-order valence-corrected chi connectivity index (χ4v) is 2.16. The predicted molar refractivity (Wildman–Crippen MR) is 69.6 cm³/mol. The number of hydrogen-bond acceptors (Lipinski definition) is 6. The van der Waals surface area contributed by atoms with Crippen molar-refractivity contribution in [1.82, 2.24) is 15.0 Å². The molecule has 1 N–H and O–H groups in total. The molecular weight excluding hydrogens is 244 g/mol. The zero-order valence-electron chi connectivity index (χ0n) is 10.8. The van der Waals surface area contributed by atoms with E-state index in [1.807, 2.05) is 0 Å². The van der Waals surface area contributed by atoms with Crippen LogP contribution >= 0.6 is 0 Å². The van der Waals surface area contributed by atoms with Crippen LogP contribution in [-0.2, 0) is 0 Å². The van der Waals surface area contributed by atoms with E-state index < -0.39 is 6.10 Å². The highest BCUT2D eigenvalue weighted by Gasteiger charge is 2.16. The standard InChI is InChI=1S/C13H16N4O2/c1-9(18)11-7-15-13(19-11)10-6-14-8-12(16-10)17-4-2-3-5-17/h6-9,18H,2-5H2,1H3. The van der Waals surface area contributed by atoms with Crippen molar-refractivity contribution in [2.45, 2.75) is 25.9 Å². The first kappa shape index (κ1) is 12.1. The van der Waals surface area contributed by atoms with Gasteiger partial charge in [0.2, 0.25) is 5.89 Å². The summed E-state index contributed by atoms with van der Waals surface area (Å²) in [6.07, 6.45) is 6.61. The van der Waals surface area contributed by atoms with Gasteiger partial charge in [0.25, 0.3) is 0 Å². The van der Waals surface area contributed by atoms with Gasteiger partial charge in [-0.2, -0.15) is 0 Å². The molecule has 6 nitrogen and oxygen atoms in total. The van der Waals surface area contributed by atoms with Gasteiger partial charge in [-0.1, -0.05) is 0 Å². The molecule has 1 aliphatic heterocycles. The molecule has 3 rings (SSSR count). The average Bonchev–Trinajstić information content (AvgIpc) is 3.10. The van der Waals surface area contributed by atoms with E-state index in [1.54, 1.807) is 19.3 Å². The van der Waals surface area contributed by atoms with E-state index in [1.165, 1.54) is 19.0 Å². The summed E-state index contributed by atoms with van der Waals surface area (Å²) in [5, 5.41) is 9.43. The second kappa shape index (κ2) is 4.97. The Balaban J connectivity index is 1.89. The van der Waals surface area contributed by atoms with Crippen molar-refractivity contribution in [3.63, 3.8) is 0 Å². The molecule has 2 aromatic heterocycles. The van der Waals surface area contributed by atoms with Crippen molar-refractivity contribution in [1.29, 1.82) is 0 Å². The monoisotopic (exact) mass is 260 g/mol. The van der Waals surface area contributed by atoms with Gasteiger partial charge in [-0.05, 0) is 19.8 Å². The Morgan fingerprint density at radius 2 is 2.05 bits per heavy atom. The molecule has 1 aliphatic rings. The quantitative estimate of drug-likeness (QED) is 0.906. The summed E-state index contributed by atoms with van der Waals surface area (Å²) < 4.78 is 5.47. The highest BCUT2D eigenvalue weighted by atomic mass is 16.4. The van der Waals surface area contributed by atoms with E-state index in [-0.39, 0.29) is 0 Å². The second-order valence-electron chi connectivity index (χ2n) is 4.70. The van der Waals surface area contributed by atoms with Gasteiger partial charge in [0, 0.05) is 13.1 Å². The molecule has 100 valence electrons. The number of oxazole rings is 1. The second-order valence-corrected chi connectivity index (χ2v) is 4.70. The van der Waals surface area contributed by atoms with Crippen LogP contribution in [0.25, 0.3) is 11.6 Å². The number of anilines is 1. The summed E-state index contributed by atoms with van der Waals surface area (Å²) in [5.41, 5.74) is 0.594. The van der Waals surface area contributed by atoms with Crippen molar-refractivity contribution in [3.8, 4) is 11.6 Å². The molecule has 2 aromatic rings. The Labute approximate surface area is 111 Å². The van der Waals surface area contributed by atoms with Crippen LogP contribution in [0.4, 0.5) is 5.82 Å². The third-order valence-electron chi connectivity index (χ3n) is 3.21. The number of aliphatic hydroxyl groups excluding tert-OH is 1. The maximum absolute atomic E-state index is 9.43. The van der Waals surface area contributed by atoms with Gasteiger partial charge in [-0.3, -0.25) is 4.98 Å². The lowest BCUT2D eigenvalue weighted by Crippen LogP contribution is -2.19. The smallest absolute Gasteiger partial charge is 0.247 e. The third-order valence-corrected chi connectivity index (χ3v) is 3.21. The topological polar surface area (TPSA) is 75.3 Å². The fourth-order valence-electron chi connectivity index (χ4n) is 2.16. The molecule has 0 amide bonds. The van der Waals surface area contributed by atoms with Gasteiger partial charge in [-0.25, -0.2) is 9.97 Å². The minimum atomic E-state index is -0.670. The molecule has 0 bridgehead atoms. The highest BCUT2D eigenvalue weighted by Crippen LogP contribution is 2.23. The number of rotatable bonds is 3. The molecule has 1 saturated heterocycles. The molecule has 1 fully saturated rings. The largest absolute Gasteiger partial charge is 0.437 e. The van der Waals surface area contributed by atoms with Crippen LogP contribution < -0.4 is 4.90 Å². The molecule has 0 spiro atoms. The Morgan fingerprint density at radius 1 is 1.26 bits per heavy atom. The van der Waals surface area contributed by atoms with Gasteiger partial charge < -0.3 is 14.4 Å². The molecule has 6 heteroatoms. The van der Waals surface area contributed by atoms with Crippen LogP contribution in [0, 0.1) is 0 Å². The Hall–Kier alpha value is -1.95. The van der Waals surface area contributed by atoms with Crippen LogP contribution in [-0.4, -0.2) is 33.1 Å². The molecule has 0 aliphatic carbocycles. The van der Waals surface area contributed by atoms with E-state index in [2.05, 4.69) is 19.9 Å². The first-order chi connectivity index (χ1) is 9.24. The zero-order chi connectivity index (χ0) is 13.2. The van der Waals surface area contributed by atoms with Crippen LogP contribution in [0.1, 0.15) is 31.6 Å². The molecule has 0 aromatic carbocycles. The first-order valence-corrected chi connectivity index (χ1v) is 6.45. The van der Waals surface area contributed by atoms with E-state index >= 15 is 0 Å². The Morgan fingerprint density at radius 3 is 2.74 bits per heavy atom. The van der Waals surface area contributed by atoms with Crippen molar-refractivity contribution < 1.29 is 9.52 Å². The number of aliphatic hydroxyl groups is 1. The minimum Gasteiger partial charge on any atom is -0.437 e. The SMILES string of the molecule is CC(O)c1cnc(-c2cncc(N3CCCC3)n2)o1. The highest BCUT2D eigenvalue weighted by molar-refractivity contribution is 5.50. The van der Waals surface area contributed by atoms with Crippen molar-refractivity contribution in [2.75, 3.05) is 18.0 Å². The number of nitrogens with zero attached hydrogens (tertiary/aromatic N) is 4. The van der Waals surface area contributed by atoms with Gasteiger partial charge >= 0.3 is 0 Å². The maximum atomic E-state index is 9.43. The van der Waals surface area contributed by atoms with Crippen LogP contribution in [0.5, 0.6) is 0 Å². The fraction of sp³-hybridized carbons (Fsp3) is 0.462.